The Morgan fingerprint density at radius 3 is 2.69 bits per heavy atom. The standard InChI is InChI=1S/C9H11BrN2O3S/c1-11-9(13)6-12-16(14,15)8-4-2-3-7(10)5-8/h2-5,12H,6H2,1H3,(H,11,13). The topological polar surface area (TPSA) is 75.3 Å². The number of benzene rings is 1. The number of carbonyl (C=O) groups is 1. The molecule has 0 fully saturated rings. The molecule has 5 nitrogen and oxygen atoms in total. The first-order valence-corrected chi connectivity index (χ1v) is 6.69. The largest absolute Gasteiger partial charge is 0.358 e. The van der Waals surface area contributed by atoms with Gasteiger partial charge >= 0.3 is 0 Å². The number of sulfonamides is 1. The van der Waals surface area contributed by atoms with Crippen molar-refractivity contribution in [3.63, 3.8) is 0 Å². The van der Waals surface area contributed by atoms with Crippen LogP contribution in [0.15, 0.2) is 33.6 Å². The zero-order chi connectivity index (χ0) is 12.2. The van der Waals surface area contributed by atoms with E-state index in [1.54, 1.807) is 12.1 Å². The number of rotatable bonds is 4. The zero-order valence-electron chi connectivity index (χ0n) is 8.53. The van der Waals surface area contributed by atoms with Crippen LogP contribution < -0.4 is 10.0 Å². The lowest BCUT2D eigenvalue weighted by Gasteiger charge is -2.06. The second-order valence-corrected chi connectivity index (χ2v) is 5.64. The van der Waals surface area contributed by atoms with Gasteiger partial charge in [-0.3, -0.25) is 4.79 Å². The van der Waals surface area contributed by atoms with E-state index in [1.165, 1.54) is 19.2 Å². The number of nitrogens with one attached hydrogen (secondary N) is 2. The van der Waals surface area contributed by atoms with Crippen LogP contribution in [0.5, 0.6) is 0 Å². The molecule has 0 spiro atoms. The molecule has 1 amide bonds. The van der Waals surface area contributed by atoms with Crippen LogP contribution >= 0.6 is 15.9 Å². The second kappa shape index (κ2) is 5.42. The normalized spacial score (nSPS) is 11.1. The summed E-state index contributed by atoms with van der Waals surface area (Å²) >= 11 is 3.18. The Hall–Kier alpha value is -0.920. The van der Waals surface area contributed by atoms with Gasteiger partial charge in [0.25, 0.3) is 0 Å². The van der Waals surface area contributed by atoms with E-state index in [0.29, 0.717) is 4.47 Å². The van der Waals surface area contributed by atoms with Crippen LogP contribution in [-0.2, 0) is 14.8 Å². The van der Waals surface area contributed by atoms with Gasteiger partial charge in [-0.15, -0.1) is 0 Å². The monoisotopic (exact) mass is 306 g/mol. The molecule has 1 aromatic carbocycles. The van der Waals surface area contributed by atoms with Gasteiger partial charge in [0.2, 0.25) is 15.9 Å². The lowest BCUT2D eigenvalue weighted by molar-refractivity contribution is -0.119. The molecule has 0 aromatic heterocycles. The van der Waals surface area contributed by atoms with E-state index < -0.39 is 15.9 Å². The Morgan fingerprint density at radius 2 is 2.12 bits per heavy atom. The molecular formula is C9H11BrN2O3S. The predicted molar refractivity (Wildman–Crippen MR) is 63.4 cm³/mol. The third kappa shape index (κ3) is 3.58. The molecule has 0 saturated heterocycles. The first-order valence-electron chi connectivity index (χ1n) is 4.41. The molecule has 0 aliphatic heterocycles. The molecule has 2 N–H and O–H groups in total. The summed E-state index contributed by atoms with van der Waals surface area (Å²) in [4.78, 5) is 11.0. The first kappa shape index (κ1) is 13.1. The number of likely N-dealkylation sites (N-methyl/N-ethyl adjacent to an activating group) is 1. The van der Waals surface area contributed by atoms with E-state index in [4.69, 9.17) is 0 Å². The van der Waals surface area contributed by atoms with Gasteiger partial charge in [0.1, 0.15) is 0 Å². The maximum Gasteiger partial charge on any atom is 0.241 e. The summed E-state index contributed by atoms with van der Waals surface area (Å²) in [5, 5.41) is 2.33. The summed E-state index contributed by atoms with van der Waals surface area (Å²) in [6, 6.07) is 6.25. The Bertz CT molecular complexity index is 487. The van der Waals surface area contributed by atoms with Gasteiger partial charge in [-0.2, -0.15) is 0 Å². The minimum absolute atomic E-state index is 0.116. The van der Waals surface area contributed by atoms with E-state index in [1.807, 2.05) is 0 Å². The molecule has 0 saturated carbocycles. The van der Waals surface area contributed by atoms with Gasteiger partial charge < -0.3 is 5.32 Å². The van der Waals surface area contributed by atoms with Crippen molar-refractivity contribution < 1.29 is 13.2 Å². The summed E-state index contributed by atoms with van der Waals surface area (Å²) < 4.78 is 26.2. The zero-order valence-corrected chi connectivity index (χ0v) is 10.9. The average molecular weight is 307 g/mol. The highest BCUT2D eigenvalue weighted by atomic mass is 79.9. The third-order valence-corrected chi connectivity index (χ3v) is 3.70. The molecule has 0 atom stereocenters. The summed E-state index contributed by atoms with van der Waals surface area (Å²) in [6.07, 6.45) is 0. The average Bonchev–Trinajstić information content (AvgIpc) is 2.26. The van der Waals surface area contributed by atoms with Crippen molar-refractivity contribution in [3.05, 3.63) is 28.7 Å². The van der Waals surface area contributed by atoms with Gasteiger partial charge in [-0.25, -0.2) is 13.1 Å². The van der Waals surface area contributed by atoms with E-state index >= 15 is 0 Å². The molecule has 0 unspecified atom stereocenters. The van der Waals surface area contributed by atoms with Gasteiger partial charge in [-0.05, 0) is 18.2 Å². The molecule has 0 heterocycles. The highest BCUT2D eigenvalue weighted by molar-refractivity contribution is 9.10. The van der Waals surface area contributed by atoms with Crippen LogP contribution in [0.25, 0.3) is 0 Å². The summed E-state index contributed by atoms with van der Waals surface area (Å²) in [5.74, 6) is -0.390. The van der Waals surface area contributed by atoms with Crippen molar-refractivity contribution in [2.75, 3.05) is 13.6 Å². The summed E-state index contributed by atoms with van der Waals surface area (Å²) in [6.45, 7) is -0.272. The van der Waals surface area contributed by atoms with Crippen molar-refractivity contribution in [1.82, 2.24) is 10.0 Å². The minimum atomic E-state index is -3.63. The van der Waals surface area contributed by atoms with Crippen LogP contribution in [0.3, 0.4) is 0 Å². The van der Waals surface area contributed by atoms with Gasteiger partial charge in [0.15, 0.2) is 0 Å². The van der Waals surface area contributed by atoms with Crippen LogP contribution in [0.2, 0.25) is 0 Å². The van der Waals surface area contributed by atoms with Crippen molar-refractivity contribution >= 4 is 31.9 Å². The quantitative estimate of drug-likeness (QED) is 0.849. The first-order chi connectivity index (χ1) is 7.45. The van der Waals surface area contributed by atoms with Gasteiger partial charge in [0.05, 0.1) is 11.4 Å². The smallest absolute Gasteiger partial charge is 0.241 e. The van der Waals surface area contributed by atoms with E-state index in [-0.39, 0.29) is 11.4 Å². The van der Waals surface area contributed by atoms with Gasteiger partial charge in [0, 0.05) is 11.5 Å². The maximum absolute atomic E-state index is 11.7. The molecule has 7 heteroatoms. The lowest BCUT2D eigenvalue weighted by atomic mass is 10.4. The molecule has 16 heavy (non-hydrogen) atoms. The Labute approximate surface area is 102 Å². The number of amides is 1. The minimum Gasteiger partial charge on any atom is -0.358 e. The fourth-order valence-electron chi connectivity index (χ4n) is 0.966. The van der Waals surface area contributed by atoms with Crippen LogP contribution in [0, 0.1) is 0 Å². The Morgan fingerprint density at radius 1 is 1.44 bits per heavy atom. The van der Waals surface area contributed by atoms with Crippen molar-refractivity contribution in [2.24, 2.45) is 0 Å². The molecule has 0 bridgehead atoms. The third-order valence-electron chi connectivity index (χ3n) is 1.81. The lowest BCUT2D eigenvalue weighted by Crippen LogP contribution is -2.35. The van der Waals surface area contributed by atoms with Crippen LogP contribution in [-0.4, -0.2) is 27.9 Å². The number of hydrogen-bond donors (Lipinski definition) is 2. The molecule has 0 aliphatic rings. The van der Waals surface area contributed by atoms with Crippen molar-refractivity contribution in [2.45, 2.75) is 4.90 Å². The molecular weight excluding hydrogens is 296 g/mol. The van der Waals surface area contributed by atoms with Crippen LogP contribution in [0.1, 0.15) is 0 Å². The predicted octanol–water partition coefficient (Wildman–Crippen LogP) is 0.473. The fourth-order valence-corrected chi connectivity index (χ4v) is 2.54. The molecule has 88 valence electrons. The number of halogens is 1. The van der Waals surface area contributed by atoms with E-state index in [9.17, 15) is 13.2 Å². The summed E-state index contributed by atoms with van der Waals surface area (Å²) in [7, 11) is -2.19. The number of hydrogen-bond acceptors (Lipinski definition) is 3. The fraction of sp³-hybridized carbons (Fsp3) is 0.222. The van der Waals surface area contributed by atoms with E-state index in [0.717, 1.165) is 0 Å². The molecule has 1 rings (SSSR count). The molecule has 0 aliphatic carbocycles. The Kier molecular flexibility index (Phi) is 4.45. The van der Waals surface area contributed by atoms with Crippen molar-refractivity contribution in [1.29, 1.82) is 0 Å². The highest BCUT2D eigenvalue weighted by Crippen LogP contribution is 2.15. The van der Waals surface area contributed by atoms with Gasteiger partial charge in [-0.1, -0.05) is 22.0 Å². The molecule has 0 radical (unpaired) electrons. The Balaban J connectivity index is 2.82. The van der Waals surface area contributed by atoms with Crippen LogP contribution in [0.4, 0.5) is 0 Å². The second-order valence-electron chi connectivity index (χ2n) is 2.96. The SMILES string of the molecule is CNC(=O)CNS(=O)(=O)c1cccc(Br)c1. The number of carbonyl (C=O) groups excluding carboxylic acids is 1. The van der Waals surface area contributed by atoms with E-state index in [2.05, 4.69) is 26.0 Å². The highest BCUT2D eigenvalue weighted by Gasteiger charge is 2.14. The maximum atomic E-state index is 11.7. The van der Waals surface area contributed by atoms with Crippen molar-refractivity contribution in [3.8, 4) is 0 Å². The molecule has 1 aromatic rings. The summed E-state index contributed by atoms with van der Waals surface area (Å²) in [5.41, 5.74) is 0.